The van der Waals surface area contributed by atoms with Crippen LogP contribution in [0.2, 0.25) is 0 Å². The van der Waals surface area contributed by atoms with E-state index in [0.29, 0.717) is 5.56 Å². The summed E-state index contributed by atoms with van der Waals surface area (Å²) in [5, 5.41) is 50.1. The fraction of sp³-hybridized carbons (Fsp3) is 0.679. The summed E-state index contributed by atoms with van der Waals surface area (Å²) in [6.07, 6.45) is 1.41. The van der Waals surface area contributed by atoms with E-state index in [0.717, 1.165) is 38.5 Å². The van der Waals surface area contributed by atoms with Gasteiger partial charge >= 0.3 is 0 Å². The maximum absolute atomic E-state index is 10.5. The van der Waals surface area contributed by atoms with Crippen LogP contribution in [0.5, 0.6) is 5.75 Å². The zero-order valence-electron chi connectivity index (χ0n) is 21.4. The van der Waals surface area contributed by atoms with Crippen LogP contribution in [0.25, 0.3) is 0 Å². The summed E-state index contributed by atoms with van der Waals surface area (Å²) in [4.78, 5) is 12.0. The summed E-state index contributed by atoms with van der Waals surface area (Å²) in [5.74, 6) is -0.739. The van der Waals surface area contributed by atoms with Crippen LogP contribution in [0, 0.1) is 23.2 Å². The molecule has 5 aliphatic rings. The molecule has 0 radical (unpaired) electrons. The average Bonchev–Trinajstić information content (AvgIpc) is 2.93. The standard InChI is InChI=1S/C28H35NO9/c1-34-28(27(37-38-28)17-6-4-8-20(27)19-7-3-2-5-15(19)11-17)18-10-9-16(13-29)21(12-18)35-26-25(33)24(32)23(31)22(14-30)36-26/h9-10,12,17,20,22-26,30-33H,2-8,11,14H2,1H3/t17?,20?,22?,23-,24+,25?,26-,27?,28?/m1/s1. The van der Waals surface area contributed by atoms with E-state index in [9.17, 15) is 25.7 Å². The molecule has 10 nitrogen and oxygen atoms in total. The van der Waals surface area contributed by atoms with E-state index in [-0.39, 0.29) is 23.1 Å². The van der Waals surface area contributed by atoms with Gasteiger partial charge in [-0.15, -0.1) is 0 Å². The third kappa shape index (κ3) is 3.61. The van der Waals surface area contributed by atoms with Gasteiger partial charge in [0.15, 0.2) is 5.60 Å². The fourth-order valence-electron chi connectivity index (χ4n) is 7.54. The smallest absolute Gasteiger partial charge is 0.261 e. The Balaban J connectivity index is 1.37. The van der Waals surface area contributed by atoms with E-state index in [1.54, 1.807) is 30.9 Å². The van der Waals surface area contributed by atoms with Crippen LogP contribution in [-0.4, -0.2) is 70.4 Å². The Morgan fingerprint density at radius 1 is 1.05 bits per heavy atom. The van der Waals surface area contributed by atoms with Gasteiger partial charge in [0, 0.05) is 24.5 Å². The largest absolute Gasteiger partial charge is 0.461 e. The molecular formula is C28H35NO9. The highest BCUT2D eigenvalue weighted by molar-refractivity contribution is 5.48. The first kappa shape index (κ1) is 26.2. The van der Waals surface area contributed by atoms with E-state index in [2.05, 4.69) is 6.07 Å². The van der Waals surface area contributed by atoms with Crippen molar-refractivity contribution in [3.05, 3.63) is 40.5 Å². The zero-order valence-corrected chi connectivity index (χ0v) is 21.4. The summed E-state index contributed by atoms with van der Waals surface area (Å²) < 4.78 is 17.6. The highest BCUT2D eigenvalue weighted by atomic mass is 17.3. The molecule has 3 aliphatic carbocycles. The molecule has 4 N–H and O–H groups in total. The van der Waals surface area contributed by atoms with Crippen molar-refractivity contribution in [3.63, 3.8) is 0 Å². The van der Waals surface area contributed by atoms with Crippen LogP contribution in [-0.2, 0) is 25.0 Å². The van der Waals surface area contributed by atoms with Gasteiger partial charge in [0.2, 0.25) is 6.29 Å². The number of rotatable bonds is 5. The molecule has 6 rings (SSSR count). The minimum absolute atomic E-state index is 0.0925. The highest BCUT2D eigenvalue weighted by Crippen LogP contribution is 2.66. The van der Waals surface area contributed by atoms with Crippen LogP contribution in [0.1, 0.15) is 62.5 Å². The summed E-state index contributed by atoms with van der Waals surface area (Å²) in [6.45, 7) is -0.586. The molecule has 2 saturated heterocycles. The van der Waals surface area contributed by atoms with Crippen molar-refractivity contribution >= 4 is 0 Å². The fourth-order valence-corrected chi connectivity index (χ4v) is 7.54. The van der Waals surface area contributed by atoms with Crippen LogP contribution in [0.15, 0.2) is 29.3 Å². The van der Waals surface area contributed by atoms with Gasteiger partial charge in [-0.2, -0.15) is 10.1 Å². The predicted molar refractivity (Wildman–Crippen MR) is 130 cm³/mol. The molecule has 2 bridgehead atoms. The van der Waals surface area contributed by atoms with E-state index in [1.165, 1.54) is 18.4 Å². The molecule has 1 spiro atoms. The molecule has 1 aromatic carbocycles. The Hall–Kier alpha value is -2.07. The van der Waals surface area contributed by atoms with Gasteiger partial charge in [-0.3, -0.25) is 0 Å². The van der Waals surface area contributed by atoms with Crippen LogP contribution in [0.3, 0.4) is 0 Å². The Morgan fingerprint density at radius 3 is 2.58 bits per heavy atom. The summed E-state index contributed by atoms with van der Waals surface area (Å²) in [7, 11) is 1.60. The molecule has 6 unspecified atom stereocenters. The number of aliphatic hydroxyl groups is 4. The normalized spacial score (nSPS) is 42.3. The molecule has 0 aromatic heterocycles. The lowest BCUT2D eigenvalue weighted by molar-refractivity contribution is -0.639. The second kappa shape index (κ2) is 9.84. The van der Waals surface area contributed by atoms with Crippen LogP contribution < -0.4 is 4.74 Å². The second-order valence-corrected chi connectivity index (χ2v) is 11.1. The van der Waals surface area contributed by atoms with E-state index in [4.69, 9.17) is 24.0 Å². The number of aliphatic hydroxyl groups excluding tert-OH is 4. The first-order chi connectivity index (χ1) is 18.4. The SMILES string of the molecule is COC1(c2ccc(C#N)c(O[C@@H]3OC(CO)[C@@H](O)[C@H](O)C3O)c2)OOC12C1CCCC2C2=C(CCCC2)C1. The van der Waals surface area contributed by atoms with Gasteiger partial charge in [-0.05, 0) is 57.1 Å². The Bertz CT molecular complexity index is 1140. The second-order valence-electron chi connectivity index (χ2n) is 11.1. The lowest BCUT2D eigenvalue weighted by Crippen LogP contribution is -2.74. The summed E-state index contributed by atoms with van der Waals surface area (Å²) >= 11 is 0. The number of nitrogens with zero attached hydrogens (tertiary/aromatic N) is 1. The number of ether oxygens (including phenoxy) is 3. The molecule has 1 saturated carbocycles. The van der Waals surface area contributed by atoms with Gasteiger partial charge in [0.25, 0.3) is 5.79 Å². The minimum Gasteiger partial charge on any atom is -0.461 e. The molecule has 3 fully saturated rings. The maximum Gasteiger partial charge on any atom is 0.261 e. The lowest BCUT2D eigenvalue weighted by atomic mass is 9.53. The van der Waals surface area contributed by atoms with Crippen molar-refractivity contribution in [2.24, 2.45) is 11.8 Å². The number of hydrogen-bond donors (Lipinski definition) is 4. The number of benzene rings is 1. The van der Waals surface area contributed by atoms with Gasteiger partial charge in [-0.1, -0.05) is 23.6 Å². The quantitative estimate of drug-likeness (QED) is 0.329. The molecule has 38 heavy (non-hydrogen) atoms. The summed E-state index contributed by atoms with van der Waals surface area (Å²) in [6, 6.07) is 7.08. The summed E-state index contributed by atoms with van der Waals surface area (Å²) in [5.41, 5.74) is 3.14. The molecule has 0 amide bonds. The molecule has 10 heteroatoms. The Labute approximate surface area is 221 Å². The molecule has 1 aromatic rings. The Kier molecular flexibility index (Phi) is 6.78. The first-order valence-electron chi connectivity index (χ1n) is 13.5. The third-order valence-corrected chi connectivity index (χ3v) is 9.38. The highest BCUT2D eigenvalue weighted by Gasteiger charge is 2.75. The molecule has 206 valence electrons. The van der Waals surface area contributed by atoms with Crippen molar-refractivity contribution in [1.29, 1.82) is 5.26 Å². The molecular weight excluding hydrogens is 494 g/mol. The van der Waals surface area contributed by atoms with Gasteiger partial charge in [0.1, 0.15) is 36.2 Å². The van der Waals surface area contributed by atoms with Gasteiger partial charge < -0.3 is 34.6 Å². The van der Waals surface area contributed by atoms with Crippen molar-refractivity contribution in [2.75, 3.05) is 13.7 Å². The van der Waals surface area contributed by atoms with Crippen molar-refractivity contribution in [3.8, 4) is 11.8 Å². The molecule has 2 heterocycles. The van der Waals surface area contributed by atoms with Gasteiger partial charge in [-0.25, -0.2) is 4.89 Å². The third-order valence-electron chi connectivity index (χ3n) is 9.38. The van der Waals surface area contributed by atoms with Crippen molar-refractivity contribution < 1.29 is 44.4 Å². The average molecular weight is 530 g/mol. The monoisotopic (exact) mass is 529 g/mol. The molecule has 9 atom stereocenters. The number of hydrogen-bond acceptors (Lipinski definition) is 10. The van der Waals surface area contributed by atoms with Crippen molar-refractivity contribution in [1.82, 2.24) is 0 Å². The van der Waals surface area contributed by atoms with E-state index in [1.807, 2.05) is 0 Å². The number of methoxy groups -OCH3 is 1. The van der Waals surface area contributed by atoms with Crippen molar-refractivity contribution in [2.45, 2.75) is 93.5 Å². The minimum atomic E-state index is -1.61. The lowest BCUT2D eigenvalue weighted by Gasteiger charge is -2.65. The van der Waals surface area contributed by atoms with E-state index < -0.39 is 48.7 Å². The maximum atomic E-state index is 10.5. The van der Waals surface area contributed by atoms with E-state index >= 15 is 0 Å². The van der Waals surface area contributed by atoms with Crippen LogP contribution >= 0.6 is 0 Å². The Morgan fingerprint density at radius 2 is 1.87 bits per heavy atom. The van der Waals surface area contributed by atoms with Gasteiger partial charge in [0.05, 0.1) is 12.2 Å². The number of allylic oxidation sites excluding steroid dienone is 1. The van der Waals surface area contributed by atoms with Crippen LogP contribution in [0.4, 0.5) is 0 Å². The first-order valence-corrected chi connectivity index (χ1v) is 13.5. The number of fused-ring (bicyclic) bond motifs is 1. The topological polar surface area (TPSA) is 151 Å². The predicted octanol–water partition coefficient (Wildman–Crippen LogP) is 1.93. The molecule has 2 aliphatic heterocycles. The zero-order chi connectivity index (χ0) is 26.7. The number of nitriles is 1.